The molecule has 26 heavy (non-hydrogen) atoms. The third-order valence-corrected chi connectivity index (χ3v) is 7.19. The maximum Gasteiger partial charge on any atom is 0.314 e. The van der Waals surface area contributed by atoms with Crippen LogP contribution in [0.25, 0.3) is 0 Å². The van der Waals surface area contributed by atoms with Gasteiger partial charge < -0.3 is 15.5 Å². The molecule has 1 aromatic rings. The highest BCUT2D eigenvalue weighted by Crippen LogP contribution is 2.37. The molecular formula is C20H27N3O2S. The Morgan fingerprint density at radius 3 is 2.58 bits per heavy atom. The fraction of sp³-hybridized carbons (Fsp3) is 0.600. The van der Waals surface area contributed by atoms with Crippen LogP contribution in [0.4, 0.5) is 4.79 Å². The van der Waals surface area contributed by atoms with E-state index in [1.165, 1.54) is 29.8 Å². The van der Waals surface area contributed by atoms with Gasteiger partial charge in [-0.05, 0) is 62.8 Å². The molecule has 1 aliphatic carbocycles. The number of amides is 3. The first-order chi connectivity index (χ1) is 12.6. The lowest BCUT2D eigenvalue weighted by molar-refractivity contribution is 0.0749. The molecule has 3 aliphatic rings. The standard InChI is InChI=1S/C20H27N3O2S/c21-20(25)22-10-7-15(8-11-22)18-12-16(13-26-18)19(24)23-9-3-5-14-4-1-2-6-17(14)23/h6,12-15H,1-5,7-11H2,(H2,21,25). The molecule has 3 amide bonds. The minimum atomic E-state index is -0.328. The zero-order valence-electron chi connectivity index (χ0n) is 15.2. The molecule has 0 aromatic carbocycles. The van der Waals surface area contributed by atoms with Gasteiger partial charge >= 0.3 is 6.03 Å². The average molecular weight is 374 g/mol. The van der Waals surface area contributed by atoms with Gasteiger partial charge in [-0.15, -0.1) is 11.3 Å². The first kappa shape index (κ1) is 17.6. The van der Waals surface area contributed by atoms with Crippen molar-refractivity contribution in [2.75, 3.05) is 19.6 Å². The predicted octanol–water partition coefficient (Wildman–Crippen LogP) is 3.93. The number of primary amides is 1. The highest BCUT2D eigenvalue weighted by atomic mass is 32.1. The van der Waals surface area contributed by atoms with Gasteiger partial charge in [-0.3, -0.25) is 4.79 Å². The lowest BCUT2D eigenvalue weighted by Crippen LogP contribution is -2.41. The van der Waals surface area contributed by atoms with Gasteiger partial charge in [-0.2, -0.15) is 0 Å². The number of nitrogens with two attached hydrogens (primary N) is 1. The fourth-order valence-corrected chi connectivity index (χ4v) is 5.67. The molecule has 2 aliphatic heterocycles. The van der Waals surface area contributed by atoms with Gasteiger partial charge in [-0.1, -0.05) is 6.08 Å². The number of nitrogens with zero attached hydrogens (tertiary/aromatic N) is 2. The molecule has 1 aromatic heterocycles. The van der Waals surface area contributed by atoms with Crippen molar-refractivity contribution in [3.63, 3.8) is 0 Å². The summed E-state index contributed by atoms with van der Waals surface area (Å²) >= 11 is 1.69. The van der Waals surface area contributed by atoms with Gasteiger partial charge in [0.1, 0.15) is 0 Å². The van der Waals surface area contributed by atoms with Crippen LogP contribution in [0.5, 0.6) is 0 Å². The Morgan fingerprint density at radius 1 is 1.04 bits per heavy atom. The van der Waals surface area contributed by atoms with Crippen molar-refractivity contribution >= 4 is 23.3 Å². The number of carbonyl (C=O) groups excluding carboxylic acids is 2. The number of hydrogen-bond acceptors (Lipinski definition) is 3. The van der Waals surface area contributed by atoms with Gasteiger partial charge in [0.15, 0.2) is 0 Å². The Bertz CT molecular complexity index is 718. The Kier molecular flexibility index (Phi) is 5.02. The molecule has 0 spiro atoms. The summed E-state index contributed by atoms with van der Waals surface area (Å²) in [5.74, 6) is 1.18. The SMILES string of the molecule is NC(=O)N1CCC(c2cc(C(=O)N3CCCC4CCCC=C43)cs2)CC1. The maximum atomic E-state index is 13.1. The molecular weight excluding hydrogens is 346 g/mol. The number of rotatable bonds is 2. The summed E-state index contributed by atoms with van der Waals surface area (Å²) in [5, 5.41) is 2.02. The summed E-state index contributed by atoms with van der Waals surface area (Å²) in [4.78, 5) is 29.4. The van der Waals surface area contributed by atoms with E-state index in [2.05, 4.69) is 12.1 Å². The number of likely N-dealkylation sites (tertiary alicyclic amines) is 2. The van der Waals surface area contributed by atoms with Crippen molar-refractivity contribution in [3.8, 4) is 0 Å². The van der Waals surface area contributed by atoms with Gasteiger partial charge in [0.05, 0.1) is 5.56 Å². The molecule has 3 heterocycles. The molecule has 2 fully saturated rings. The zero-order chi connectivity index (χ0) is 18.1. The van der Waals surface area contributed by atoms with Crippen LogP contribution < -0.4 is 5.73 Å². The third-order valence-electron chi connectivity index (χ3n) is 6.10. The molecule has 4 rings (SSSR count). The largest absolute Gasteiger partial charge is 0.351 e. The molecule has 0 radical (unpaired) electrons. The van der Waals surface area contributed by atoms with Crippen LogP contribution in [0.15, 0.2) is 23.2 Å². The predicted molar refractivity (Wildman–Crippen MR) is 103 cm³/mol. The van der Waals surface area contributed by atoms with Crippen molar-refractivity contribution in [1.29, 1.82) is 0 Å². The molecule has 2 N–H and O–H groups in total. The van der Waals surface area contributed by atoms with Gasteiger partial charge in [0.2, 0.25) is 0 Å². The van der Waals surface area contributed by atoms with Gasteiger partial charge in [0.25, 0.3) is 5.91 Å². The number of piperidine rings is 2. The van der Waals surface area contributed by atoms with E-state index in [0.29, 0.717) is 24.9 Å². The number of fused-ring (bicyclic) bond motifs is 1. The topological polar surface area (TPSA) is 66.6 Å². The van der Waals surface area contributed by atoms with Crippen molar-refractivity contribution in [3.05, 3.63) is 33.7 Å². The second-order valence-corrected chi connectivity index (χ2v) is 8.64. The summed E-state index contributed by atoms with van der Waals surface area (Å²) in [6.07, 6.45) is 10.0. The van der Waals surface area contributed by atoms with E-state index in [0.717, 1.165) is 37.8 Å². The molecule has 0 saturated carbocycles. The number of hydrogen-bond donors (Lipinski definition) is 1. The van der Waals surface area contributed by atoms with Crippen molar-refractivity contribution < 1.29 is 9.59 Å². The third kappa shape index (κ3) is 3.39. The smallest absolute Gasteiger partial charge is 0.314 e. The first-order valence-electron chi connectivity index (χ1n) is 9.78. The molecule has 6 heteroatoms. The first-order valence-corrected chi connectivity index (χ1v) is 10.7. The summed E-state index contributed by atoms with van der Waals surface area (Å²) in [7, 11) is 0. The highest BCUT2D eigenvalue weighted by Gasteiger charge is 2.32. The maximum absolute atomic E-state index is 13.1. The quantitative estimate of drug-likeness (QED) is 0.853. The number of urea groups is 1. The van der Waals surface area contributed by atoms with Gasteiger partial charge in [0, 0.05) is 35.6 Å². The molecule has 5 nitrogen and oxygen atoms in total. The van der Waals surface area contributed by atoms with E-state index in [-0.39, 0.29) is 11.9 Å². The minimum absolute atomic E-state index is 0.167. The van der Waals surface area contributed by atoms with Crippen molar-refractivity contribution in [2.45, 2.75) is 50.9 Å². The normalized spacial score (nSPS) is 24.2. The molecule has 1 unspecified atom stereocenters. The monoisotopic (exact) mass is 373 g/mol. The summed E-state index contributed by atoms with van der Waals surface area (Å²) in [5.41, 5.74) is 7.47. The van der Waals surface area contributed by atoms with Crippen LogP contribution in [0, 0.1) is 5.92 Å². The van der Waals surface area contributed by atoms with Crippen LogP contribution in [0.2, 0.25) is 0 Å². The minimum Gasteiger partial charge on any atom is -0.351 e. The zero-order valence-corrected chi connectivity index (χ0v) is 16.0. The van der Waals surface area contributed by atoms with Crippen LogP contribution in [0.1, 0.15) is 66.1 Å². The lowest BCUT2D eigenvalue weighted by Gasteiger charge is -2.37. The average Bonchev–Trinajstić information content (AvgIpc) is 3.17. The summed E-state index contributed by atoms with van der Waals surface area (Å²) < 4.78 is 0. The number of thiophene rings is 1. The van der Waals surface area contributed by atoms with Crippen LogP contribution in [-0.2, 0) is 0 Å². The Labute approximate surface area is 158 Å². The lowest BCUT2D eigenvalue weighted by atomic mass is 9.84. The van der Waals surface area contributed by atoms with Crippen molar-refractivity contribution in [1.82, 2.24) is 9.80 Å². The van der Waals surface area contributed by atoms with Crippen molar-refractivity contribution in [2.24, 2.45) is 11.7 Å². The van der Waals surface area contributed by atoms with E-state index < -0.39 is 0 Å². The molecule has 2 saturated heterocycles. The van der Waals surface area contributed by atoms with Gasteiger partial charge in [-0.25, -0.2) is 4.79 Å². The van der Waals surface area contributed by atoms with Crippen LogP contribution >= 0.6 is 11.3 Å². The van der Waals surface area contributed by atoms with E-state index in [1.54, 1.807) is 16.2 Å². The second kappa shape index (κ2) is 7.43. The summed E-state index contributed by atoms with van der Waals surface area (Å²) in [6, 6.07) is 1.76. The van der Waals surface area contributed by atoms with E-state index >= 15 is 0 Å². The van der Waals surface area contributed by atoms with Crippen LogP contribution in [0.3, 0.4) is 0 Å². The van der Waals surface area contributed by atoms with E-state index in [4.69, 9.17) is 5.73 Å². The molecule has 0 bridgehead atoms. The summed E-state index contributed by atoms with van der Waals surface area (Å²) in [6.45, 7) is 2.27. The van der Waals surface area contributed by atoms with E-state index in [1.807, 2.05) is 10.3 Å². The highest BCUT2D eigenvalue weighted by molar-refractivity contribution is 7.10. The number of carbonyl (C=O) groups is 2. The fourth-order valence-electron chi connectivity index (χ4n) is 4.61. The van der Waals surface area contributed by atoms with Crippen LogP contribution in [-0.4, -0.2) is 41.4 Å². The Balaban J connectivity index is 1.45. The Morgan fingerprint density at radius 2 is 1.81 bits per heavy atom. The molecule has 140 valence electrons. The van der Waals surface area contributed by atoms with E-state index in [9.17, 15) is 9.59 Å². The second-order valence-electron chi connectivity index (χ2n) is 7.69. The number of allylic oxidation sites excluding steroid dienone is 2. The Hall–Kier alpha value is -1.82. The molecule has 1 atom stereocenters.